The average molecular weight is 563 g/mol. The van der Waals surface area contributed by atoms with Crippen molar-refractivity contribution in [1.29, 1.82) is 0 Å². The van der Waals surface area contributed by atoms with Crippen LogP contribution in [0.5, 0.6) is 5.75 Å². The van der Waals surface area contributed by atoms with Crippen LogP contribution < -0.4 is 0 Å². The van der Waals surface area contributed by atoms with Crippen LogP contribution in [-0.4, -0.2) is 22.9 Å². The molecule has 0 unspecified atom stereocenters. The van der Waals surface area contributed by atoms with Crippen molar-refractivity contribution >= 4 is 46.1 Å². The highest BCUT2D eigenvalue weighted by molar-refractivity contribution is 8.02. The highest BCUT2D eigenvalue weighted by atomic mass is 32.2. The molecule has 3 aliphatic rings. The molecule has 1 N–H and O–H groups in total. The minimum Gasteiger partial charge on any atom is -0.507 e. The molecule has 6 rings (SSSR count). The zero-order chi connectivity index (χ0) is 26.9. The average Bonchev–Trinajstić information content (AvgIpc) is 3.10. The SMILES string of the molecule is CSc1ccc2c(c1)C1(CC(C)(C)CC(C)(C)C1)c1cc(O)c3cc(SC)c(SC4CCCCC4)cc3c1-2. The Balaban J connectivity index is 1.63. The molecule has 0 heterocycles. The lowest BCUT2D eigenvalue weighted by atomic mass is 9.52. The van der Waals surface area contributed by atoms with Gasteiger partial charge in [-0.3, -0.25) is 0 Å². The number of benzene rings is 3. The maximum absolute atomic E-state index is 11.6. The van der Waals surface area contributed by atoms with E-state index in [4.69, 9.17) is 0 Å². The monoisotopic (exact) mass is 562 g/mol. The molecule has 1 nitrogen and oxygen atoms in total. The van der Waals surface area contributed by atoms with Crippen LogP contribution in [0.25, 0.3) is 21.9 Å². The lowest BCUT2D eigenvalue weighted by molar-refractivity contribution is 0.0644. The van der Waals surface area contributed by atoms with E-state index in [0.717, 1.165) is 18.2 Å². The first-order valence-electron chi connectivity index (χ1n) is 14.3. The quantitative estimate of drug-likeness (QED) is 0.319. The van der Waals surface area contributed by atoms with Gasteiger partial charge in [-0.05, 0) is 113 Å². The van der Waals surface area contributed by atoms with E-state index in [0.29, 0.717) is 11.0 Å². The van der Waals surface area contributed by atoms with Crippen molar-refractivity contribution in [2.24, 2.45) is 10.8 Å². The minimum atomic E-state index is -0.0673. The molecular weight excluding hydrogens is 521 g/mol. The molecule has 202 valence electrons. The lowest BCUT2D eigenvalue weighted by Gasteiger charge is -2.51. The standard InChI is InChI=1S/C34H42OS3/c1-32(2)18-33(3,4)20-34(19-32)26-14-22(36-5)12-13-23(26)31-25-16-30(38-21-10-8-7-9-11-21)29(37-6)15-24(25)28(35)17-27(31)34/h12-17,21,35H,7-11,18-20H2,1-6H3. The summed E-state index contributed by atoms with van der Waals surface area (Å²) < 4.78 is 0. The molecule has 0 atom stereocenters. The first-order chi connectivity index (χ1) is 18.1. The van der Waals surface area contributed by atoms with Gasteiger partial charge in [-0.15, -0.1) is 35.3 Å². The molecule has 3 aromatic rings. The van der Waals surface area contributed by atoms with Crippen molar-refractivity contribution in [2.45, 2.75) is 104 Å². The smallest absolute Gasteiger partial charge is 0.123 e. The summed E-state index contributed by atoms with van der Waals surface area (Å²) >= 11 is 5.75. The zero-order valence-electron chi connectivity index (χ0n) is 23.9. The number of rotatable bonds is 4. The normalized spacial score (nSPS) is 21.5. The Labute approximate surface area is 242 Å². The Morgan fingerprint density at radius 3 is 2.08 bits per heavy atom. The van der Waals surface area contributed by atoms with Gasteiger partial charge in [0.2, 0.25) is 0 Å². The third-order valence-corrected chi connectivity index (χ3v) is 12.3. The Hall–Kier alpha value is -1.23. The van der Waals surface area contributed by atoms with E-state index >= 15 is 0 Å². The van der Waals surface area contributed by atoms with Gasteiger partial charge in [0.25, 0.3) is 0 Å². The predicted octanol–water partition coefficient (Wildman–Crippen LogP) is 10.9. The summed E-state index contributed by atoms with van der Waals surface area (Å²) in [4.78, 5) is 4.04. The Morgan fingerprint density at radius 1 is 0.737 bits per heavy atom. The minimum absolute atomic E-state index is 0.0673. The van der Waals surface area contributed by atoms with E-state index in [9.17, 15) is 5.11 Å². The number of thioether (sulfide) groups is 3. The number of phenolic OH excluding ortho intramolecular Hbond substituents is 1. The largest absolute Gasteiger partial charge is 0.507 e. The van der Waals surface area contributed by atoms with Crippen molar-refractivity contribution in [1.82, 2.24) is 0 Å². The van der Waals surface area contributed by atoms with Crippen LogP contribution in [0.1, 0.15) is 90.2 Å². The second kappa shape index (κ2) is 9.70. The molecule has 2 fully saturated rings. The van der Waals surface area contributed by atoms with Gasteiger partial charge >= 0.3 is 0 Å². The summed E-state index contributed by atoms with van der Waals surface area (Å²) in [5, 5.41) is 14.6. The van der Waals surface area contributed by atoms with E-state index in [2.05, 4.69) is 88.4 Å². The van der Waals surface area contributed by atoms with E-state index in [-0.39, 0.29) is 16.2 Å². The molecule has 2 saturated carbocycles. The van der Waals surface area contributed by atoms with Crippen LogP contribution in [0.2, 0.25) is 0 Å². The highest BCUT2D eigenvalue weighted by Gasteiger charge is 2.53. The van der Waals surface area contributed by atoms with Crippen molar-refractivity contribution in [3.8, 4) is 16.9 Å². The molecule has 4 heteroatoms. The van der Waals surface area contributed by atoms with Crippen LogP contribution in [0.15, 0.2) is 51.1 Å². The predicted molar refractivity (Wildman–Crippen MR) is 170 cm³/mol. The fraction of sp³-hybridized carbons (Fsp3) is 0.529. The second-order valence-electron chi connectivity index (χ2n) is 13.6. The molecule has 0 aliphatic heterocycles. The van der Waals surface area contributed by atoms with Gasteiger partial charge in [0, 0.05) is 30.7 Å². The van der Waals surface area contributed by atoms with Gasteiger partial charge in [-0.1, -0.05) is 53.0 Å². The Bertz CT molecular complexity index is 1380. The van der Waals surface area contributed by atoms with Gasteiger partial charge in [0.15, 0.2) is 0 Å². The highest BCUT2D eigenvalue weighted by Crippen LogP contribution is 2.65. The van der Waals surface area contributed by atoms with Gasteiger partial charge in [-0.2, -0.15) is 0 Å². The van der Waals surface area contributed by atoms with E-state index in [1.54, 1.807) is 0 Å². The third kappa shape index (κ3) is 4.51. The first-order valence-corrected chi connectivity index (χ1v) is 17.6. The topological polar surface area (TPSA) is 20.2 Å². The molecular formula is C34H42OS3. The van der Waals surface area contributed by atoms with E-state index < -0.39 is 0 Å². The number of hydrogen-bond donors (Lipinski definition) is 1. The molecule has 38 heavy (non-hydrogen) atoms. The molecule has 0 saturated heterocycles. The van der Waals surface area contributed by atoms with Crippen molar-refractivity contribution in [3.05, 3.63) is 47.5 Å². The summed E-state index contributed by atoms with van der Waals surface area (Å²) in [7, 11) is 0. The fourth-order valence-electron chi connectivity index (χ4n) is 8.60. The molecule has 0 bridgehead atoms. The van der Waals surface area contributed by atoms with Crippen molar-refractivity contribution in [3.63, 3.8) is 0 Å². The number of fused-ring (bicyclic) bond motifs is 7. The van der Waals surface area contributed by atoms with Gasteiger partial charge in [-0.25, -0.2) is 0 Å². The molecule has 3 aliphatic carbocycles. The summed E-state index contributed by atoms with van der Waals surface area (Å²) in [5.41, 5.74) is 6.01. The Morgan fingerprint density at radius 2 is 1.42 bits per heavy atom. The molecule has 0 amide bonds. The lowest BCUT2D eigenvalue weighted by Crippen LogP contribution is -2.43. The van der Waals surface area contributed by atoms with Crippen LogP contribution >= 0.6 is 35.3 Å². The van der Waals surface area contributed by atoms with E-state index in [1.165, 1.54) is 80.9 Å². The molecule has 0 radical (unpaired) electrons. The summed E-state index contributed by atoms with van der Waals surface area (Å²) in [6.07, 6.45) is 14.6. The van der Waals surface area contributed by atoms with Gasteiger partial charge in [0.1, 0.15) is 5.75 Å². The Kier molecular flexibility index (Phi) is 6.88. The number of aromatic hydroxyl groups is 1. The number of hydrogen-bond acceptors (Lipinski definition) is 4. The van der Waals surface area contributed by atoms with Crippen molar-refractivity contribution in [2.75, 3.05) is 12.5 Å². The third-order valence-electron chi connectivity index (χ3n) is 9.29. The van der Waals surface area contributed by atoms with Crippen LogP contribution in [-0.2, 0) is 5.41 Å². The summed E-state index contributed by atoms with van der Waals surface area (Å²) in [6.45, 7) is 9.82. The zero-order valence-corrected chi connectivity index (χ0v) is 26.3. The van der Waals surface area contributed by atoms with Gasteiger partial charge < -0.3 is 5.11 Å². The maximum atomic E-state index is 11.6. The van der Waals surface area contributed by atoms with Crippen LogP contribution in [0.3, 0.4) is 0 Å². The maximum Gasteiger partial charge on any atom is 0.123 e. The molecule has 0 aromatic heterocycles. The first kappa shape index (κ1) is 27.0. The fourth-order valence-corrected chi connectivity index (χ4v) is 11.2. The summed E-state index contributed by atoms with van der Waals surface area (Å²) in [5.74, 6) is 0.446. The summed E-state index contributed by atoms with van der Waals surface area (Å²) in [6, 6.07) is 14.1. The van der Waals surface area contributed by atoms with Crippen LogP contribution in [0.4, 0.5) is 0 Å². The molecule has 1 spiro atoms. The van der Waals surface area contributed by atoms with Crippen molar-refractivity contribution < 1.29 is 5.11 Å². The molecule has 3 aromatic carbocycles. The van der Waals surface area contributed by atoms with Gasteiger partial charge in [0.05, 0.1) is 0 Å². The van der Waals surface area contributed by atoms with E-state index in [1.807, 2.05) is 23.5 Å². The second-order valence-corrected chi connectivity index (χ2v) is 16.7. The number of phenols is 1. The van der Waals surface area contributed by atoms with Crippen LogP contribution in [0, 0.1) is 10.8 Å².